The minimum Gasteiger partial charge on any atom is -0.368 e. The van der Waals surface area contributed by atoms with Crippen molar-refractivity contribution in [3.05, 3.63) is 94.0 Å². The summed E-state index contributed by atoms with van der Waals surface area (Å²) in [5.41, 5.74) is 7.17. The van der Waals surface area contributed by atoms with Crippen LogP contribution in [0.15, 0.2) is 66.7 Å². The topological polar surface area (TPSA) is 26.8 Å². The number of hydrogen-bond donors (Lipinski definition) is 0. The highest BCUT2D eigenvalue weighted by Crippen LogP contribution is 2.28. The van der Waals surface area contributed by atoms with Gasteiger partial charge in [0.05, 0.1) is 0 Å². The molecule has 0 aromatic heterocycles. The molecule has 170 valence electrons. The molecule has 5 heteroatoms. The van der Waals surface area contributed by atoms with Crippen LogP contribution in [0.3, 0.4) is 0 Å². The Hall–Kier alpha value is -2.98. The molecule has 3 aromatic carbocycles. The van der Waals surface area contributed by atoms with Gasteiger partial charge in [-0.1, -0.05) is 48.0 Å². The fourth-order valence-corrected chi connectivity index (χ4v) is 5.17. The minimum absolute atomic E-state index is 0.118. The van der Waals surface area contributed by atoms with Crippen molar-refractivity contribution in [3.63, 3.8) is 0 Å². The molecule has 1 fully saturated rings. The van der Waals surface area contributed by atoms with E-state index in [9.17, 15) is 4.79 Å². The molecule has 5 rings (SSSR count). The molecule has 0 N–H and O–H groups in total. The molecule has 33 heavy (non-hydrogen) atoms. The van der Waals surface area contributed by atoms with Gasteiger partial charge in [0.15, 0.2) is 0 Å². The molecule has 0 saturated carbocycles. The Balaban J connectivity index is 1.21. The summed E-state index contributed by atoms with van der Waals surface area (Å²) in [6, 6.07) is 22.9. The Morgan fingerprint density at radius 1 is 0.879 bits per heavy atom. The Bertz CT molecular complexity index is 1140. The molecule has 3 aromatic rings. The zero-order valence-electron chi connectivity index (χ0n) is 19.1. The first-order chi connectivity index (χ1) is 16.1. The lowest BCUT2D eigenvalue weighted by Gasteiger charge is -2.37. The van der Waals surface area contributed by atoms with Crippen LogP contribution in [0.5, 0.6) is 0 Å². The van der Waals surface area contributed by atoms with E-state index in [2.05, 4.69) is 59.2 Å². The summed E-state index contributed by atoms with van der Waals surface area (Å²) in [6.45, 7) is 7.14. The summed E-state index contributed by atoms with van der Waals surface area (Å²) >= 11 is 6.20. The molecule has 0 spiro atoms. The smallest absolute Gasteiger partial charge is 0.253 e. The predicted octanol–water partition coefficient (Wildman–Crippen LogP) is 5.56. The fraction of sp³-hybridized carbons (Fsp3) is 0.321. The molecular weight excluding hydrogens is 430 g/mol. The molecular formula is C28H30ClN3O. The molecule has 0 bridgehead atoms. The van der Waals surface area contributed by atoms with Gasteiger partial charge in [-0.05, 0) is 66.8 Å². The molecule has 0 atom stereocenters. The molecule has 0 unspecified atom stereocenters. The lowest BCUT2D eigenvalue weighted by molar-refractivity contribution is 0.0747. The Labute approximate surface area is 201 Å². The lowest BCUT2D eigenvalue weighted by Crippen LogP contribution is -2.49. The third-order valence-electron chi connectivity index (χ3n) is 6.86. The molecule has 2 aliphatic heterocycles. The van der Waals surface area contributed by atoms with Crippen LogP contribution in [-0.4, -0.2) is 43.5 Å². The molecule has 0 aliphatic carbocycles. The number of anilines is 2. The number of para-hydroxylation sites is 1. The number of carbonyl (C=O) groups is 1. The molecule has 1 amide bonds. The summed E-state index contributed by atoms with van der Waals surface area (Å²) < 4.78 is 0. The molecule has 1 saturated heterocycles. The fourth-order valence-electron chi connectivity index (χ4n) is 5.01. The zero-order chi connectivity index (χ0) is 22.8. The number of benzene rings is 3. The number of piperazine rings is 1. The maximum Gasteiger partial charge on any atom is 0.253 e. The van der Waals surface area contributed by atoms with Gasteiger partial charge < -0.3 is 14.7 Å². The number of amides is 1. The van der Waals surface area contributed by atoms with E-state index in [4.69, 9.17) is 11.6 Å². The van der Waals surface area contributed by atoms with Crippen LogP contribution in [0.25, 0.3) is 0 Å². The van der Waals surface area contributed by atoms with E-state index in [0.29, 0.717) is 0 Å². The van der Waals surface area contributed by atoms with Gasteiger partial charge in [0.2, 0.25) is 0 Å². The minimum atomic E-state index is 0.118. The van der Waals surface area contributed by atoms with Crippen LogP contribution in [-0.2, 0) is 13.0 Å². The van der Waals surface area contributed by atoms with Gasteiger partial charge in [-0.25, -0.2) is 0 Å². The van der Waals surface area contributed by atoms with Crippen LogP contribution in [0.1, 0.15) is 33.5 Å². The zero-order valence-corrected chi connectivity index (χ0v) is 19.9. The maximum atomic E-state index is 13.1. The highest BCUT2D eigenvalue weighted by Gasteiger charge is 2.23. The molecule has 2 aliphatic rings. The summed E-state index contributed by atoms with van der Waals surface area (Å²) in [6.07, 6.45) is 2.35. The van der Waals surface area contributed by atoms with Gasteiger partial charge in [-0.2, -0.15) is 0 Å². The highest BCUT2D eigenvalue weighted by atomic mass is 35.5. The van der Waals surface area contributed by atoms with E-state index >= 15 is 0 Å². The number of hydrogen-bond acceptors (Lipinski definition) is 3. The van der Waals surface area contributed by atoms with Crippen molar-refractivity contribution in [2.24, 2.45) is 0 Å². The van der Waals surface area contributed by atoms with Gasteiger partial charge in [-0.15, -0.1) is 0 Å². The van der Waals surface area contributed by atoms with Crippen LogP contribution in [0.4, 0.5) is 11.4 Å². The van der Waals surface area contributed by atoms with E-state index in [1.54, 1.807) is 0 Å². The first kappa shape index (κ1) is 21.8. The van der Waals surface area contributed by atoms with Crippen molar-refractivity contribution in [1.82, 2.24) is 4.90 Å². The molecule has 2 heterocycles. The van der Waals surface area contributed by atoms with Crippen molar-refractivity contribution in [1.29, 1.82) is 0 Å². The highest BCUT2D eigenvalue weighted by molar-refractivity contribution is 6.30. The SMILES string of the molecule is Cc1ccc(Cl)cc1N1CCN(C(=O)c2ccc(CN3CCCc4ccccc43)cc2)CC1. The Kier molecular flexibility index (Phi) is 6.28. The Morgan fingerprint density at radius 2 is 1.64 bits per heavy atom. The number of carbonyl (C=O) groups excluding carboxylic acids is 1. The monoisotopic (exact) mass is 459 g/mol. The lowest BCUT2D eigenvalue weighted by atomic mass is 10.0. The van der Waals surface area contributed by atoms with Gasteiger partial charge >= 0.3 is 0 Å². The first-order valence-electron chi connectivity index (χ1n) is 11.8. The van der Waals surface area contributed by atoms with Crippen LogP contribution in [0, 0.1) is 6.92 Å². The van der Waals surface area contributed by atoms with Crippen molar-refractivity contribution in [2.45, 2.75) is 26.3 Å². The number of fused-ring (bicyclic) bond motifs is 1. The first-order valence-corrected chi connectivity index (χ1v) is 12.2. The van der Waals surface area contributed by atoms with E-state index < -0.39 is 0 Å². The van der Waals surface area contributed by atoms with Gasteiger partial charge in [0, 0.05) is 61.2 Å². The van der Waals surface area contributed by atoms with Gasteiger partial charge in [-0.3, -0.25) is 4.79 Å². The van der Waals surface area contributed by atoms with E-state index in [0.717, 1.165) is 56.3 Å². The summed E-state index contributed by atoms with van der Waals surface area (Å²) in [5, 5.41) is 0.752. The number of aryl methyl sites for hydroxylation is 2. The standard InChI is InChI=1S/C28H30ClN3O/c1-21-8-13-25(29)19-27(21)30-15-17-31(18-16-30)28(33)24-11-9-22(10-12-24)20-32-14-4-6-23-5-2-3-7-26(23)32/h2-3,5,7-13,19H,4,6,14-18,20H2,1H3. The van der Waals surface area contributed by atoms with Gasteiger partial charge in [0.1, 0.15) is 0 Å². The van der Waals surface area contributed by atoms with Gasteiger partial charge in [0.25, 0.3) is 5.91 Å². The van der Waals surface area contributed by atoms with Crippen molar-refractivity contribution in [2.75, 3.05) is 42.5 Å². The van der Waals surface area contributed by atoms with E-state index in [1.807, 2.05) is 29.2 Å². The molecule has 0 radical (unpaired) electrons. The Morgan fingerprint density at radius 3 is 2.42 bits per heavy atom. The van der Waals surface area contributed by atoms with Crippen LogP contribution < -0.4 is 9.80 Å². The summed E-state index contributed by atoms with van der Waals surface area (Å²) in [5.74, 6) is 0.118. The quantitative estimate of drug-likeness (QED) is 0.510. The number of rotatable bonds is 4. The van der Waals surface area contributed by atoms with Crippen molar-refractivity contribution >= 4 is 28.9 Å². The predicted molar refractivity (Wildman–Crippen MR) is 137 cm³/mol. The van der Waals surface area contributed by atoms with Crippen LogP contribution >= 0.6 is 11.6 Å². The second kappa shape index (κ2) is 9.48. The summed E-state index contributed by atoms with van der Waals surface area (Å²) in [7, 11) is 0. The number of nitrogens with zero attached hydrogens (tertiary/aromatic N) is 3. The van der Waals surface area contributed by atoms with Crippen molar-refractivity contribution < 1.29 is 4.79 Å². The molecule has 4 nitrogen and oxygen atoms in total. The average molecular weight is 460 g/mol. The van der Waals surface area contributed by atoms with Crippen LogP contribution in [0.2, 0.25) is 5.02 Å². The largest absolute Gasteiger partial charge is 0.368 e. The normalized spacial score (nSPS) is 16.0. The maximum absolute atomic E-state index is 13.1. The number of halogens is 1. The average Bonchev–Trinajstić information content (AvgIpc) is 2.86. The van der Waals surface area contributed by atoms with E-state index in [-0.39, 0.29) is 5.91 Å². The van der Waals surface area contributed by atoms with Crippen molar-refractivity contribution in [3.8, 4) is 0 Å². The second-order valence-corrected chi connectivity index (χ2v) is 9.50. The second-order valence-electron chi connectivity index (χ2n) is 9.06. The third-order valence-corrected chi connectivity index (χ3v) is 7.09. The van der Waals surface area contributed by atoms with E-state index in [1.165, 1.54) is 34.5 Å². The third kappa shape index (κ3) is 4.72. The summed E-state index contributed by atoms with van der Waals surface area (Å²) in [4.78, 5) is 19.8.